The molecule has 0 spiro atoms. The Morgan fingerprint density at radius 1 is 0.960 bits per heavy atom. The van der Waals surface area contributed by atoms with Crippen molar-refractivity contribution in [2.75, 3.05) is 6.61 Å². The molecule has 130 valence electrons. The molecule has 0 aliphatic rings. The fourth-order valence-electron chi connectivity index (χ4n) is 2.29. The van der Waals surface area contributed by atoms with E-state index >= 15 is 0 Å². The van der Waals surface area contributed by atoms with Crippen molar-refractivity contribution in [3.05, 3.63) is 70.8 Å². The number of hydrogen-bond donors (Lipinski definition) is 1. The summed E-state index contributed by atoms with van der Waals surface area (Å²) in [5.74, 6) is -1.35. The maximum Gasteiger partial charge on any atom is 0.339 e. The summed E-state index contributed by atoms with van der Waals surface area (Å²) >= 11 is 0. The highest BCUT2D eigenvalue weighted by Gasteiger charge is 2.19. The Balaban J connectivity index is 2.17. The number of ketones is 1. The fourth-order valence-corrected chi connectivity index (χ4v) is 2.29. The molecule has 0 fully saturated rings. The molecule has 0 bridgehead atoms. The van der Waals surface area contributed by atoms with Crippen LogP contribution in [0, 0.1) is 6.92 Å². The highest BCUT2D eigenvalue weighted by molar-refractivity contribution is 6.14. The van der Waals surface area contributed by atoms with Gasteiger partial charge in [-0.3, -0.25) is 9.59 Å². The highest BCUT2D eigenvalue weighted by Crippen LogP contribution is 2.16. The lowest BCUT2D eigenvalue weighted by Crippen LogP contribution is -2.34. The van der Waals surface area contributed by atoms with Gasteiger partial charge >= 0.3 is 5.97 Å². The van der Waals surface area contributed by atoms with E-state index in [0.29, 0.717) is 5.56 Å². The van der Waals surface area contributed by atoms with Gasteiger partial charge in [-0.15, -0.1) is 0 Å². The van der Waals surface area contributed by atoms with Crippen molar-refractivity contribution >= 4 is 17.7 Å². The number of carbonyl (C=O) groups is 3. The molecule has 0 atom stereocenters. The van der Waals surface area contributed by atoms with Gasteiger partial charge in [-0.05, 0) is 26.8 Å². The largest absolute Gasteiger partial charge is 0.452 e. The Labute approximate surface area is 147 Å². The van der Waals surface area contributed by atoms with E-state index in [1.54, 1.807) is 30.3 Å². The van der Waals surface area contributed by atoms with E-state index < -0.39 is 5.97 Å². The minimum Gasteiger partial charge on any atom is -0.452 e. The number of hydrogen-bond acceptors (Lipinski definition) is 4. The van der Waals surface area contributed by atoms with Crippen LogP contribution in [-0.4, -0.2) is 30.3 Å². The number of amides is 1. The second-order valence-corrected chi connectivity index (χ2v) is 6.04. The predicted molar refractivity (Wildman–Crippen MR) is 94.6 cm³/mol. The smallest absolute Gasteiger partial charge is 0.339 e. The molecule has 5 nitrogen and oxygen atoms in total. The number of carbonyl (C=O) groups excluding carboxylic acids is 3. The first-order chi connectivity index (χ1) is 11.9. The summed E-state index contributed by atoms with van der Waals surface area (Å²) in [5.41, 5.74) is 1.93. The van der Waals surface area contributed by atoms with E-state index in [9.17, 15) is 14.4 Å². The summed E-state index contributed by atoms with van der Waals surface area (Å²) in [6, 6.07) is 13.5. The number of ether oxygens (including phenoxy) is 1. The van der Waals surface area contributed by atoms with Gasteiger partial charge in [0.1, 0.15) is 0 Å². The quantitative estimate of drug-likeness (QED) is 0.649. The summed E-state index contributed by atoms with van der Waals surface area (Å²) in [7, 11) is 0. The number of nitrogens with one attached hydrogen (secondary N) is 1. The number of aryl methyl sites for hydroxylation is 1. The summed E-state index contributed by atoms with van der Waals surface area (Å²) in [6.07, 6.45) is 0. The van der Waals surface area contributed by atoms with Crippen LogP contribution in [0.4, 0.5) is 0 Å². The molecule has 2 aromatic carbocycles. The zero-order valence-corrected chi connectivity index (χ0v) is 14.5. The molecule has 0 radical (unpaired) electrons. The van der Waals surface area contributed by atoms with Crippen LogP contribution in [0.2, 0.25) is 0 Å². The monoisotopic (exact) mass is 339 g/mol. The second kappa shape index (κ2) is 8.24. The maximum absolute atomic E-state index is 12.7. The Bertz CT molecular complexity index is 779. The van der Waals surface area contributed by atoms with Crippen LogP contribution in [0.3, 0.4) is 0 Å². The summed E-state index contributed by atoms with van der Waals surface area (Å²) in [4.78, 5) is 36.6. The first kappa shape index (κ1) is 18.4. The van der Waals surface area contributed by atoms with E-state index in [-0.39, 0.29) is 35.5 Å². The Kier molecular flexibility index (Phi) is 6.06. The third-order valence-electron chi connectivity index (χ3n) is 3.49. The molecule has 2 rings (SSSR count). The molecule has 2 aromatic rings. The van der Waals surface area contributed by atoms with E-state index in [4.69, 9.17) is 4.74 Å². The van der Waals surface area contributed by atoms with Gasteiger partial charge in [-0.1, -0.05) is 48.0 Å². The molecule has 1 amide bonds. The van der Waals surface area contributed by atoms with Gasteiger partial charge in [0.05, 0.1) is 5.56 Å². The molecule has 1 N–H and O–H groups in total. The molecule has 0 saturated carbocycles. The van der Waals surface area contributed by atoms with E-state index in [1.165, 1.54) is 6.07 Å². The van der Waals surface area contributed by atoms with Crippen molar-refractivity contribution in [3.8, 4) is 0 Å². The summed E-state index contributed by atoms with van der Waals surface area (Å²) < 4.78 is 5.03. The molecule has 0 aliphatic heterocycles. The zero-order chi connectivity index (χ0) is 18.4. The minimum absolute atomic E-state index is 0.0402. The van der Waals surface area contributed by atoms with Gasteiger partial charge in [0.15, 0.2) is 12.4 Å². The van der Waals surface area contributed by atoms with Crippen LogP contribution < -0.4 is 5.32 Å². The Morgan fingerprint density at radius 2 is 1.56 bits per heavy atom. The summed E-state index contributed by atoms with van der Waals surface area (Å²) in [6.45, 7) is 5.18. The number of esters is 1. The molecule has 0 unspecified atom stereocenters. The van der Waals surface area contributed by atoms with Gasteiger partial charge < -0.3 is 10.1 Å². The minimum atomic E-state index is -0.699. The maximum atomic E-state index is 12.7. The lowest BCUT2D eigenvalue weighted by molar-refractivity contribution is -0.124. The van der Waals surface area contributed by atoms with E-state index in [2.05, 4.69) is 5.32 Å². The molecular formula is C20H21NO4. The van der Waals surface area contributed by atoms with Gasteiger partial charge in [0.25, 0.3) is 5.91 Å². The normalized spacial score (nSPS) is 10.4. The van der Waals surface area contributed by atoms with Gasteiger partial charge in [0.2, 0.25) is 0 Å². The van der Waals surface area contributed by atoms with Gasteiger partial charge in [-0.2, -0.15) is 0 Å². The zero-order valence-electron chi connectivity index (χ0n) is 14.5. The third-order valence-corrected chi connectivity index (χ3v) is 3.49. The van der Waals surface area contributed by atoms with Gasteiger partial charge in [-0.25, -0.2) is 4.79 Å². The van der Waals surface area contributed by atoms with Crippen LogP contribution in [-0.2, 0) is 9.53 Å². The first-order valence-corrected chi connectivity index (χ1v) is 8.05. The molecule has 0 heterocycles. The average Bonchev–Trinajstić information content (AvgIpc) is 2.59. The van der Waals surface area contributed by atoms with Crippen molar-refractivity contribution in [1.82, 2.24) is 5.32 Å². The van der Waals surface area contributed by atoms with Crippen molar-refractivity contribution in [2.24, 2.45) is 0 Å². The molecule has 5 heteroatoms. The van der Waals surface area contributed by atoms with Crippen molar-refractivity contribution < 1.29 is 19.1 Å². The Morgan fingerprint density at radius 3 is 2.16 bits per heavy atom. The predicted octanol–water partition coefficient (Wildman–Crippen LogP) is 2.91. The van der Waals surface area contributed by atoms with Crippen LogP contribution in [0.1, 0.15) is 45.7 Å². The number of rotatable bonds is 6. The highest BCUT2D eigenvalue weighted by atomic mass is 16.5. The lowest BCUT2D eigenvalue weighted by atomic mass is 9.98. The van der Waals surface area contributed by atoms with Crippen molar-refractivity contribution in [3.63, 3.8) is 0 Å². The number of benzene rings is 2. The van der Waals surface area contributed by atoms with Crippen LogP contribution in [0.25, 0.3) is 0 Å². The molecule has 0 saturated heterocycles. The molecule has 25 heavy (non-hydrogen) atoms. The topological polar surface area (TPSA) is 72.5 Å². The van der Waals surface area contributed by atoms with E-state index in [1.807, 2.05) is 32.9 Å². The molecule has 0 aliphatic carbocycles. The Hall–Kier alpha value is -2.95. The third kappa shape index (κ3) is 5.01. The second-order valence-electron chi connectivity index (χ2n) is 6.04. The standard InChI is InChI=1S/C20H21NO4/c1-13(2)21-18(22)12-25-20(24)17-7-5-4-6-16(17)19(23)15-10-8-14(3)9-11-15/h4-11,13H,12H2,1-3H3,(H,21,22). The fraction of sp³-hybridized carbons (Fsp3) is 0.250. The lowest BCUT2D eigenvalue weighted by Gasteiger charge is -2.11. The van der Waals surface area contributed by atoms with Crippen molar-refractivity contribution in [1.29, 1.82) is 0 Å². The first-order valence-electron chi connectivity index (χ1n) is 8.05. The van der Waals surface area contributed by atoms with Crippen LogP contribution >= 0.6 is 0 Å². The average molecular weight is 339 g/mol. The SMILES string of the molecule is Cc1ccc(C(=O)c2ccccc2C(=O)OCC(=O)NC(C)C)cc1. The molecular weight excluding hydrogens is 318 g/mol. The van der Waals surface area contributed by atoms with Crippen LogP contribution in [0.5, 0.6) is 0 Å². The summed E-state index contributed by atoms with van der Waals surface area (Å²) in [5, 5.41) is 2.63. The van der Waals surface area contributed by atoms with Crippen LogP contribution in [0.15, 0.2) is 48.5 Å². The van der Waals surface area contributed by atoms with Crippen molar-refractivity contribution in [2.45, 2.75) is 26.8 Å². The molecule has 0 aromatic heterocycles. The van der Waals surface area contributed by atoms with Gasteiger partial charge in [0, 0.05) is 17.2 Å². The van der Waals surface area contributed by atoms with E-state index in [0.717, 1.165) is 5.56 Å².